The summed E-state index contributed by atoms with van der Waals surface area (Å²) in [5.41, 5.74) is 1.62. The zero-order valence-corrected chi connectivity index (χ0v) is 15.9. The van der Waals surface area contributed by atoms with E-state index >= 15 is 0 Å². The van der Waals surface area contributed by atoms with Gasteiger partial charge in [-0.15, -0.1) is 11.8 Å². The van der Waals surface area contributed by atoms with Crippen LogP contribution in [0, 0.1) is 5.82 Å². The topological polar surface area (TPSA) is 58.2 Å². The average Bonchev–Trinajstić information content (AvgIpc) is 2.63. The maximum absolute atomic E-state index is 12.8. The van der Waals surface area contributed by atoms with E-state index in [1.807, 2.05) is 24.3 Å². The SMILES string of the molecule is CC(SCC(=O)Nc1ccc(F)cc1)C(=O)NCCc1ccc(Cl)cc1. The Labute approximate surface area is 161 Å². The Morgan fingerprint density at radius 3 is 2.42 bits per heavy atom. The first-order chi connectivity index (χ1) is 12.4. The lowest BCUT2D eigenvalue weighted by Crippen LogP contribution is -2.33. The third kappa shape index (κ3) is 7.06. The summed E-state index contributed by atoms with van der Waals surface area (Å²) in [6.07, 6.45) is 0.714. The lowest BCUT2D eigenvalue weighted by molar-refractivity contribution is -0.120. The molecule has 7 heteroatoms. The molecule has 4 nitrogen and oxygen atoms in total. The summed E-state index contributed by atoms with van der Waals surface area (Å²) in [5.74, 6) is -0.564. The summed E-state index contributed by atoms with van der Waals surface area (Å²) < 4.78 is 12.8. The molecule has 0 saturated carbocycles. The smallest absolute Gasteiger partial charge is 0.234 e. The first kappa shape index (κ1) is 20.3. The largest absolute Gasteiger partial charge is 0.355 e. The summed E-state index contributed by atoms with van der Waals surface area (Å²) >= 11 is 7.08. The van der Waals surface area contributed by atoms with Crippen LogP contribution < -0.4 is 10.6 Å². The highest BCUT2D eigenvalue weighted by atomic mass is 35.5. The van der Waals surface area contributed by atoms with E-state index < -0.39 is 0 Å². The number of anilines is 1. The van der Waals surface area contributed by atoms with Gasteiger partial charge in [0.2, 0.25) is 11.8 Å². The van der Waals surface area contributed by atoms with Crippen molar-refractivity contribution in [1.82, 2.24) is 5.32 Å². The van der Waals surface area contributed by atoms with Crippen LogP contribution in [0.2, 0.25) is 5.02 Å². The summed E-state index contributed by atoms with van der Waals surface area (Å²) in [6, 6.07) is 13.0. The minimum absolute atomic E-state index is 0.112. The second-order valence-corrected chi connectivity index (χ2v) is 7.44. The fourth-order valence-electron chi connectivity index (χ4n) is 2.13. The number of nitrogens with one attached hydrogen (secondary N) is 2. The molecule has 1 atom stereocenters. The highest BCUT2D eigenvalue weighted by Crippen LogP contribution is 2.13. The summed E-state index contributed by atoms with van der Waals surface area (Å²) in [7, 11) is 0. The summed E-state index contributed by atoms with van der Waals surface area (Å²) in [6.45, 7) is 2.28. The van der Waals surface area contributed by atoms with Crippen LogP contribution in [0.5, 0.6) is 0 Å². The summed E-state index contributed by atoms with van der Waals surface area (Å²) in [5, 5.41) is 5.86. The van der Waals surface area contributed by atoms with Crippen molar-refractivity contribution in [2.45, 2.75) is 18.6 Å². The minimum Gasteiger partial charge on any atom is -0.355 e. The van der Waals surface area contributed by atoms with Gasteiger partial charge < -0.3 is 10.6 Å². The van der Waals surface area contributed by atoms with Crippen molar-refractivity contribution in [3.05, 3.63) is 64.9 Å². The van der Waals surface area contributed by atoms with Gasteiger partial charge in [-0.1, -0.05) is 23.7 Å². The lowest BCUT2D eigenvalue weighted by Gasteiger charge is -2.12. The normalized spacial score (nSPS) is 11.7. The van der Waals surface area contributed by atoms with Crippen LogP contribution in [-0.2, 0) is 16.0 Å². The molecule has 138 valence electrons. The molecule has 0 fully saturated rings. The molecule has 0 heterocycles. The first-order valence-electron chi connectivity index (χ1n) is 8.13. The molecule has 26 heavy (non-hydrogen) atoms. The Balaban J connectivity index is 1.66. The molecule has 2 rings (SSSR count). The van der Waals surface area contributed by atoms with E-state index in [2.05, 4.69) is 10.6 Å². The van der Waals surface area contributed by atoms with Crippen molar-refractivity contribution in [2.75, 3.05) is 17.6 Å². The van der Waals surface area contributed by atoms with E-state index in [9.17, 15) is 14.0 Å². The Hall–Kier alpha value is -2.05. The molecule has 0 aliphatic rings. The van der Waals surface area contributed by atoms with Crippen molar-refractivity contribution in [3.63, 3.8) is 0 Å². The fraction of sp³-hybridized carbons (Fsp3) is 0.263. The number of halogens is 2. The van der Waals surface area contributed by atoms with Gasteiger partial charge in [0.15, 0.2) is 0 Å². The Bertz CT molecular complexity index is 738. The van der Waals surface area contributed by atoms with E-state index in [0.717, 1.165) is 5.56 Å². The summed E-state index contributed by atoms with van der Waals surface area (Å²) in [4.78, 5) is 24.0. The maximum Gasteiger partial charge on any atom is 0.234 e. The Morgan fingerprint density at radius 2 is 1.77 bits per heavy atom. The van der Waals surface area contributed by atoms with Gasteiger partial charge in [-0.25, -0.2) is 4.39 Å². The molecular weight excluding hydrogens is 375 g/mol. The lowest BCUT2D eigenvalue weighted by atomic mass is 10.1. The monoisotopic (exact) mass is 394 g/mol. The van der Waals surface area contributed by atoms with Crippen molar-refractivity contribution >= 4 is 40.9 Å². The molecule has 0 aromatic heterocycles. The van der Waals surface area contributed by atoms with E-state index in [0.29, 0.717) is 23.7 Å². The number of thioether (sulfide) groups is 1. The second-order valence-electron chi connectivity index (χ2n) is 5.68. The molecule has 2 aromatic rings. The van der Waals surface area contributed by atoms with E-state index in [1.54, 1.807) is 6.92 Å². The predicted octanol–water partition coefficient (Wildman–Crippen LogP) is 3.90. The third-order valence-corrected chi connectivity index (χ3v) is 4.98. The minimum atomic E-state index is -0.360. The number of amides is 2. The van der Waals surface area contributed by atoms with Crippen LogP contribution in [-0.4, -0.2) is 29.4 Å². The van der Waals surface area contributed by atoms with Crippen LogP contribution in [0.25, 0.3) is 0 Å². The van der Waals surface area contributed by atoms with Gasteiger partial charge in [-0.05, 0) is 55.3 Å². The van der Waals surface area contributed by atoms with Crippen molar-refractivity contribution in [1.29, 1.82) is 0 Å². The molecule has 0 saturated heterocycles. The molecule has 2 N–H and O–H groups in total. The average molecular weight is 395 g/mol. The molecule has 2 aromatic carbocycles. The molecule has 0 bridgehead atoms. The van der Waals surface area contributed by atoms with Crippen LogP contribution in [0.4, 0.5) is 10.1 Å². The van der Waals surface area contributed by atoms with Crippen LogP contribution in [0.1, 0.15) is 12.5 Å². The van der Waals surface area contributed by atoms with Gasteiger partial charge in [0.25, 0.3) is 0 Å². The molecule has 2 amide bonds. The highest BCUT2D eigenvalue weighted by molar-refractivity contribution is 8.01. The number of hydrogen-bond donors (Lipinski definition) is 2. The van der Waals surface area contributed by atoms with Crippen molar-refractivity contribution < 1.29 is 14.0 Å². The fourth-order valence-corrected chi connectivity index (χ4v) is 2.97. The van der Waals surface area contributed by atoms with E-state index in [-0.39, 0.29) is 28.6 Å². The molecule has 0 radical (unpaired) electrons. The van der Waals surface area contributed by atoms with E-state index in [4.69, 9.17) is 11.6 Å². The van der Waals surface area contributed by atoms with Gasteiger partial charge in [-0.3, -0.25) is 9.59 Å². The quantitative estimate of drug-likeness (QED) is 0.714. The highest BCUT2D eigenvalue weighted by Gasteiger charge is 2.15. The molecule has 0 aliphatic heterocycles. The predicted molar refractivity (Wildman–Crippen MR) is 105 cm³/mol. The van der Waals surface area contributed by atoms with Crippen LogP contribution in [0.15, 0.2) is 48.5 Å². The van der Waals surface area contributed by atoms with Gasteiger partial charge in [-0.2, -0.15) is 0 Å². The number of carbonyl (C=O) groups is 2. The van der Waals surface area contributed by atoms with Gasteiger partial charge in [0.1, 0.15) is 5.82 Å². The van der Waals surface area contributed by atoms with Crippen LogP contribution >= 0.6 is 23.4 Å². The Kier molecular flexibility index (Phi) is 7.94. The second kappa shape index (κ2) is 10.2. The Morgan fingerprint density at radius 1 is 1.12 bits per heavy atom. The van der Waals surface area contributed by atoms with Crippen molar-refractivity contribution in [3.8, 4) is 0 Å². The zero-order chi connectivity index (χ0) is 18.9. The van der Waals surface area contributed by atoms with Gasteiger partial charge in [0, 0.05) is 17.3 Å². The molecular formula is C19H20ClFN2O2S. The molecule has 1 unspecified atom stereocenters. The zero-order valence-electron chi connectivity index (χ0n) is 14.3. The molecule has 0 spiro atoms. The number of benzene rings is 2. The first-order valence-corrected chi connectivity index (χ1v) is 9.56. The van der Waals surface area contributed by atoms with Crippen molar-refractivity contribution in [2.24, 2.45) is 0 Å². The number of hydrogen-bond acceptors (Lipinski definition) is 3. The van der Waals surface area contributed by atoms with E-state index in [1.165, 1.54) is 36.0 Å². The maximum atomic E-state index is 12.8. The number of carbonyl (C=O) groups excluding carboxylic acids is 2. The van der Waals surface area contributed by atoms with Gasteiger partial charge >= 0.3 is 0 Å². The van der Waals surface area contributed by atoms with Crippen LogP contribution in [0.3, 0.4) is 0 Å². The molecule has 0 aliphatic carbocycles. The standard InChI is InChI=1S/C19H20ClFN2O2S/c1-13(19(25)22-11-10-14-2-4-15(20)5-3-14)26-12-18(24)23-17-8-6-16(21)7-9-17/h2-9,13H,10-12H2,1H3,(H,22,25)(H,23,24). The number of rotatable bonds is 8. The third-order valence-electron chi connectivity index (χ3n) is 3.59. The van der Waals surface area contributed by atoms with Gasteiger partial charge in [0.05, 0.1) is 11.0 Å².